The molecule has 0 atom stereocenters. The fourth-order valence-electron chi connectivity index (χ4n) is 1.27. The summed E-state index contributed by atoms with van der Waals surface area (Å²) < 4.78 is 0. The van der Waals surface area contributed by atoms with E-state index in [9.17, 15) is 0 Å². The lowest BCUT2D eigenvalue weighted by atomic mass is 10.2. The first-order valence-electron chi connectivity index (χ1n) is 5.57. The number of rotatable bonds is 8. The highest BCUT2D eigenvalue weighted by molar-refractivity contribution is 7.07. The van der Waals surface area contributed by atoms with Crippen LogP contribution in [-0.4, -0.2) is 24.6 Å². The molecule has 0 aliphatic heterocycles. The van der Waals surface area contributed by atoms with E-state index in [-0.39, 0.29) is 0 Å². The van der Waals surface area contributed by atoms with Crippen LogP contribution in [0.2, 0.25) is 0 Å². The fourth-order valence-corrected chi connectivity index (χ4v) is 1.83. The second-order valence-corrected chi connectivity index (χ2v) is 4.83. The zero-order valence-electron chi connectivity index (χ0n) is 9.62. The van der Waals surface area contributed by atoms with Crippen LogP contribution >= 0.6 is 11.3 Å². The molecular weight excluding hydrogens is 206 g/mol. The first kappa shape index (κ1) is 12.6. The average Bonchev–Trinajstić information content (AvgIpc) is 2.68. The molecule has 1 aromatic rings. The Morgan fingerprint density at radius 3 is 2.80 bits per heavy atom. The summed E-state index contributed by atoms with van der Waals surface area (Å²) in [6, 6.07) is 0. The Labute approximate surface area is 96.3 Å². The van der Waals surface area contributed by atoms with Gasteiger partial charge in [0.15, 0.2) is 0 Å². The van der Waals surface area contributed by atoms with E-state index in [1.165, 1.54) is 6.42 Å². The molecule has 0 aliphatic carbocycles. The summed E-state index contributed by atoms with van der Waals surface area (Å²) >= 11 is 1.65. The van der Waals surface area contributed by atoms with Gasteiger partial charge >= 0.3 is 0 Å². The lowest BCUT2D eigenvalue weighted by Crippen LogP contribution is -2.24. The minimum absolute atomic E-state index is 0.743. The van der Waals surface area contributed by atoms with Gasteiger partial charge in [-0.05, 0) is 32.0 Å². The molecule has 4 heteroatoms. The molecule has 0 aromatic carbocycles. The summed E-state index contributed by atoms with van der Waals surface area (Å²) in [7, 11) is 0. The molecule has 2 N–H and O–H groups in total. The molecule has 1 aromatic heterocycles. The van der Waals surface area contributed by atoms with Crippen molar-refractivity contribution in [3.05, 3.63) is 16.6 Å². The molecule has 0 unspecified atom stereocenters. The smallest absolute Gasteiger partial charge is 0.0795 e. The van der Waals surface area contributed by atoms with Gasteiger partial charge in [0.25, 0.3) is 0 Å². The Hall–Kier alpha value is -0.450. The highest BCUT2D eigenvalue weighted by Crippen LogP contribution is 1.99. The Kier molecular flexibility index (Phi) is 6.55. The third-order valence-corrected chi connectivity index (χ3v) is 2.68. The summed E-state index contributed by atoms with van der Waals surface area (Å²) in [4.78, 5) is 4.21. The van der Waals surface area contributed by atoms with E-state index < -0.39 is 0 Å². The summed E-state index contributed by atoms with van der Waals surface area (Å²) in [5, 5.41) is 8.89. The highest BCUT2D eigenvalue weighted by Gasteiger charge is 1.94. The Bertz CT molecular complexity index is 234. The molecule has 0 saturated carbocycles. The van der Waals surface area contributed by atoms with Gasteiger partial charge in [0.05, 0.1) is 11.2 Å². The number of hydrogen-bond acceptors (Lipinski definition) is 4. The quantitative estimate of drug-likeness (QED) is 0.666. The van der Waals surface area contributed by atoms with Gasteiger partial charge in [-0.2, -0.15) is 0 Å². The molecule has 86 valence electrons. The molecule has 15 heavy (non-hydrogen) atoms. The third kappa shape index (κ3) is 6.60. The van der Waals surface area contributed by atoms with Crippen molar-refractivity contribution in [1.29, 1.82) is 0 Å². The van der Waals surface area contributed by atoms with Crippen LogP contribution in [0, 0.1) is 5.92 Å². The molecule has 0 aliphatic rings. The van der Waals surface area contributed by atoms with Crippen LogP contribution in [0.1, 0.15) is 26.0 Å². The molecule has 0 amide bonds. The predicted octanol–water partition coefficient (Wildman–Crippen LogP) is 1.87. The van der Waals surface area contributed by atoms with Gasteiger partial charge in [-0.1, -0.05) is 13.8 Å². The maximum absolute atomic E-state index is 4.21. The number of nitrogens with zero attached hydrogens (tertiary/aromatic N) is 1. The number of hydrogen-bond donors (Lipinski definition) is 2. The van der Waals surface area contributed by atoms with Crippen LogP contribution in [0.25, 0.3) is 0 Å². The molecule has 0 spiro atoms. The summed E-state index contributed by atoms with van der Waals surface area (Å²) in [5.41, 5.74) is 3.02. The molecule has 0 bridgehead atoms. The summed E-state index contributed by atoms with van der Waals surface area (Å²) in [6.07, 6.45) is 1.18. The van der Waals surface area contributed by atoms with Crippen molar-refractivity contribution in [2.24, 2.45) is 5.92 Å². The molecule has 0 fully saturated rings. The van der Waals surface area contributed by atoms with E-state index in [0.717, 1.165) is 37.8 Å². The normalized spacial score (nSPS) is 11.1. The number of nitrogens with one attached hydrogen (secondary N) is 2. The molecule has 0 radical (unpaired) electrons. The van der Waals surface area contributed by atoms with Crippen molar-refractivity contribution in [1.82, 2.24) is 15.6 Å². The predicted molar refractivity (Wildman–Crippen MR) is 66.1 cm³/mol. The Morgan fingerprint density at radius 1 is 1.33 bits per heavy atom. The van der Waals surface area contributed by atoms with Gasteiger partial charge in [0, 0.05) is 11.9 Å². The molecule has 1 rings (SSSR count). The highest BCUT2D eigenvalue weighted by atomic mass is 32.1. The lowest BCUT2D eigenvalue weighted by Gasteiger charge is -2.07. The van der Waals surface area contributed by atoms with Crippen LogP contribution < -0.4 is 10.6 Å². The second kappa shape index (κ2) is 7.79. The number of aromatic nitrogens is 1. The second-order valence-electron chi connectivity index (χ2n) is 4.11. The minimum atomic E-state index is 0.743. The third-order valence-electron chi connectivity index (χ3n) is 2.05. The van der Waals surface area contributed by atoms with Gasteiger partial charge in [0.1, 0.15) is 0 Å². The molecule has 0 saturated heterocycles. The first-order valence-corrected chi connectivity index (χ1v) is 6.52. The van der Waals surface area contributed by atoms with Crippen LogP contribution in [0.5, 0.6) is 0 Å². The zero-order chi connectivity index (χ0) is 10.9. The largest absolute Gasteiger partial charge is 0.316 e. The fraction of sp³-hybridized carbons (Fsp3) is 0.727. The zero-order valence-corrected chi connectivity index (χ0v) is 10.4. The van der Waals surface area contributed by atoms with Crippen LogP contribution in [0.3, 0.4) is 0 Å². The monoisotopic (exact) mass is 227 g/mol. The van der Waals surface area contributed by atoms with Crippen molar-refractivity contribution in [2.75, 3.05) is 19.6 Å². The van der Waals surface area contributed by atoms with Gasteiger partial charge in [-0.15, -0.1) is 11.3 Å². The van der Waals surface area contributed by atoms with Gasteiger partial charge in [-0.3, -0.25) is 0 Å². The minimum Gasteiger partial charge on any atom is -0.316 e. The van der Waals surface area contributed by atoms with Crippen molar-refractivity contribution in [2.45, 2.75) is 26.8 Å². The topological polar surface area (TPSA) is 37.0 Å². The van der Waals surface area contributed by atoms with Crippen molar-refractivity contribution in [3.8, 4) is 0 Å². The van der Waals surface area contributed by atoms with Gasteiger partial charge in [-0.25, -0.2) is 4.98 Å². The van der Waals surface area contributed by atoms with E-state index in [1.807, 2.05) is 5.51 Å². The average molecular weight is 227 g/mol. The van der Waals surface area contributed by atoms with E-state index in [1.54, 1.807) is 11.3 Å². The van der Waals surface area contributed by atoms with Crippen LogP contribution in [0.4, 0.5) is 0 Å². The molecular formula is C11H21N3S. The molecule has 3 nitrogen and oxygen atoms in total. The summed E-state index contributed by atoms with van der Waals surface area (Å²) in [6.45, 7) is 8.63. The number of thiazole rings is 1. The standard InChI is InChI=1S/C11H21N3S/c1-10(2)6-12-4-3-5-13-7-11-8-15-9-14-11/h8-10,12-13H,3-7H2,1-2H3. The van der Waals surface area contributed by atoms with Crippen LogP contribution in [-0.2, 0) is 6.54 Å². The SMILES string of the molecule is CC(C)CNCCCNCc1cscn1. The van der Waals surface area contributed by atoms with Gasteiger partial charge in [0.2, 0.25) is 0 Å². The summed E-state index contributed by atoms with van der Waals surface area (Å²) in [5.74, 6) is 0.743. The van der Waals surface area contributed by atoms with Gasteiger partial charge < -0.3 is 10.6 Å². The Balaban J connectivity index is 1.85. The van der Waals surface area contributed by atoms with E-state index in [4.69, 9.17) is 0 Å². The van der Waals surface area contributed by atoms with E-state index in [0.29, 0.717) is 0 Å². The maximum Gasteiger partial charge on any atom is 0.0795 e. The maximum atomic E-state index is 4.21. The lowest BCUT2D eigenvalue weighted by molar-refractivity contribution is 0.529. The van der Waals surface area contributed by atoms with Crippen molar-refractivity contribution >= 4 is 11.3 Å². The van der Waals surface area contributed by atoms with Crippen molar-refractivity contribution in [3.63, 3.8) is 0 Å². The van der Waals surface area contributed by atoms with Crippen molar-refractivity contribution < 1.29 is 0 Å². The molecule has 1 heterocycles. The Morgan fingerprint density at radius 2 is 2.13 bits per heavy atom. The first-order chi connectivity index (χ1) is 7.29. The van der Waals surface area contributed by atoms with E-state index in [2.05, 4.69) is 34.8 Å². The van der Waals surface area contributed by atoms with Crippen LogP contribution in [0.15, 0.2) is 10.9 Å². The van der Waals surface area contributed by atoms with E-state index >= 15 is 0 Å².